The number of benzene rings is 2. The highest BCUT2D eigenvalue weighted by molar-refractivity contribution is 5.98. The van der Waals surface area contributed by atoms with Crippen molar-refractivity contribution >= 4 is 33.2 Å². The lowest BCUT2D eigenvalue weighted by Gasteiger charge is -2.15. The zero-order valence-electron chi connectivity index (χ0n) is 13.8. The molecule has 144 valence electrons. The van der Waals surface area contributed by atoms with Gasteiger partial charge in [0.1, 0.15) is 5.69 Å². The van der Waals surface area contributed by atoms with Crippen LogP contribution in [-0.4, -0.2) is 15.2 Å². The molecule has 2 aromatic carbocycles. The molecule has 0 bridgehead atoms. The molecular weight excluding hydrogens is 386 g/mol. The molecule has 0 amide bonds. The van der Waals surface area contributed by atoms with Gasteiger partial charge in [-0.25, -0.2) is 4.98 Å². The number of fused-ring (bicyclic) bond motifs is 2. The summed E-state index contributed by atoms with van der Waals surface area (Å²) >= 11 is 0. The molecule has 0 aliphatic rings. The topological polar surface area (TPSA) is 53.6 Å². The molecule has 0 radical (unpaired) electrons. The maximum atomic E-state index is 13.2. The quantitative estimate of drug-likeness (QED) is 0.415. The number of hydrogen-bond acceptors (Lipinski definition) is 3. The number of aromatic amines is 1. The van der Waals surface area contributed by atoms with E-state index in [9.17, 15) is 26.3 Å². The lowest BCUT2D eigenvalue weighted by atomic mass is 10.1. The molecule has 10 heteroatoms. The van der Waals surface area contributed by atoms with Crippen LogP contribution < -0.4 is 5.32 Å². The van der Waals surface area contributed by atoms with Crippen LogP contribution in [0, 0.1) is 0 Å². The predicted molar refractivity (Wildman–Crippen MR) is 91.1 cm³/mol. The molecule has 0 unspecified atom stereocenters. The van der Waals surface area contributed by atoms with Gasteiger partial charge in [0.15, 0.2) is 0 Å². The lowest BCUT2D eigenvalue weighted by Crippen LogP contribution is -2.10. The highest BCUT2D eigenvalue weighted by Gasteiger charge is 2.35. The van der Waals surface area contributed by atoms with Gasteiger partial charge in [0.25, 0.3) is 0 Å². The number of alkyl halides is 6. The van der Waals surface area contributed by atoms with Crippen molar-refractivity contribution in [2.75, 3.05) is 5.32 Å². The summed E-state index contributed by atoms with van der Waals surface area (Å²) in [6, 6.07) is 8.31. The van der Waals surface area contributed by atoms with E-state index < -0.39 is 29.1 Å². The van der Waals surface area contributed by atoms with Crippen molar-refractivity contribution in [1.82, 2.24) is 15.2 Å². The number of H-pyrrole nitrogens is 1. The summed E-state index contributed by atoms with van der Waals surface area (Å²) in [5.74, 6) is 0. The first-order valence-corrected chi connectivity index (χ1v) is 7.91. The Morgan fingerprint density at radius 3 is 2.32 bits per heavy atom. The summed E-state index contributed by atoms with van der Waals surface area (Å²) in [6.07, 6.45) is -8.02. The fourth-order valence-electron chi connectivity index (χ4n) is 2.88. The van der Waals surface area contributed by atoms with Crippen LogP contribution >= 0.6 is 0 Å². The van der Waals surface area contributed by atoms with Gasteiger partial charge < -0.3 is 5.32 Å². The minimum Gasteiger partial charge on any atom is -0.354 e. The minimum atomic E-state index is -4.82. The van der Waals surface area contributed by atoms with Crippen molar-refractivity contribution in [2.45, 2.75) is 12.4 Å². The van der Waals surface area contributed by atoms with Gasteiger partial charge in [-0.05, 0) is 30.3 Å². The van der Waals surface area contributed by atoms with Crippen molar-refractivity contribution in [1.29, 1.82) is 0 Å². The summed E-state index contributed by atoms with van der Waals surface area (Å²) in [5.41, 5.74) is -1.69. The minimum absolute atomic E-state index is 0.0141. The van der Waals surface area contributed by atoms with Crippen molar-refractivity contribution in [3.63, 3.8) is 0 Å². The normalized spacial score (nSPS) is 12.6. The van der Waals surface area contributed by atoms with Crippen molar-refractivity contribution in [3.8, 4) is 0 Å². The first kappa shape index (κ1) is 18.1. The molecule has 4 aromatic rings. The van der Waals surface area contributed by atoms with E-state index >= 15 is 0 Å². The van der Waals surface area contributed by atoms with Gasteiger partial charge in [-0.3, -0.25) is 5.10 Å². The van der Waals surface area contributed by atoms with Gasteiger partial charge in [-0.15, -0.1) is 0 Å². The number of nitrogens with zero attached hydrogens (tertiary/aromatic N) is 2. The highest BCUT2D eigenvalue weighted by atomic mass is 19.4. The molecule has 0 fully saturated rings. The molecular formula is C18H10F6N4. The fraction of sp³-hybridized carbons (Fsp3) is 0.111. The average molecular weight is 396 g/mol. The Hall–Kier alpha value is -3.30. The number of hydrogen-bond donors (Lipinski definition) is 2. The summed E-state index contributed by atoms with van der Waals surface area (Å²) in [7, 11) is 0. The molecule has 4 nitrogen and oxygen atoms in total. The molecule has 0 atom stereocenters. The Labute approximate surface area is 153 Å². The predicted octanol–water partition coefficient (Wildman–Crippen LogP) is 5.89. The maximum Gasteiger partial charge on any atom is 0.433 e. The average Bonchev–Trinajstić information content (AvgIpc) is 3.09. The Kier molecular flexibility index (Phi) is 3.95. The van der Waals surface area contributed by atoms with Crippen LogP contribution in [0.5, 0.6) is 0 Å². The molecule has 0 aliphatic heterocycles. The summed E-state index contributed by atoms with van der Waals surface area (Å²) < 4.78 is 78.6. The van der Waals surface area contributed by atoms with Crippen LogP contribution in [0.4, 0.5) is 37.7 Å². The van der Waals surface area contributed by atoms with Crippen LogP contribution in [0.2, 0.25) is 0 Å². The molecule has 0 saturated heterocycles. The Morgan fingerprint density at radius 2 is 1.61 bits per heavy atom. The van der Waals surface area contributed by atoms with E-state index in [0.717, 1.165) is 18.2 Å². The second-order valence-electron chi connectivity index (χ2n) is 6.04. The first-order chi connectivity index (χ1) is 13.1. The number of anilines is 2. The molecule has 2 heterocycles. The molecule has 2 N–H and O–H groups in total. The number of halogens is 6. The van der Waals surface area contributed by atoms with Gasteiger partial charge in [0.2, 0.25) is 0 Å². The summed E-state index contributed by atoms with van der Waals surface area (Å²) in [6.45, 7) is 0. The van der Waals surface area contributed by atoms with Crippen molar-refractivity contribution < 1.29 is 26.3 Å². The Balaban J connectivity index is 1.92. The largest absolute Gasteiger partial charge is 0.433 e. The van der Waals surface area contributed by atoms with Crippen LogP contribution in [0.25, 0.3) is 21.8 Å². The monoisotopic (exact) mass is 396 g/mol. The third-order valence-electron chi connectivity index (χ3n) is 4.18. The van der Waals surface area contributed by atoms with Gasteiger partial charge in [0, 0.05) is 16.5 Å². The van der Waals surface area contributed by atoms with Gasteiger partial charge in [-0.1, -0.05) is 12.1 Å². The standard InChI is InChI=1S/C18H10F6N4/c19-17(20,21)9-4-5-10-14(6-9)27-16(18(22,23)24)7-15(10)26-12-2-1-3-13-11(12)8-25-28-13/h1-8H,(H,25,28)(H,26,27). The number of nitrogens with one attached hydrogen (secondary N) is 2. The molecule has 0 aliphatic carbocycles. The van der Waals surface area contributed by atoms with E-state index in [0.29, 0.717) is 22.7 Å². The zero-order valence-corrected chi connectivity index (χ0v) is 13.8. The highest BCUT2D eigenvalue weighted by Crippen LogP contribution is 2.38. The third kappa shape index (κ3) is 3.21. The molecule has 4 rings (SSSR count). The summed E-state index contributed by atoms with van der Waals surface area (Å²) in [5, 5.41) is 10.2. The second-order valence-corrected chi connectivity index (χ2v) is 6.04. The Bertz CT molecular complexity index is 1170. The van der Waals surface area contributed by atoms with E-state index in [2.05, 4.69) is 20.5 Å². The molecule has 2 aromatic heterocycles. The maximum absolute atomic E-state index is 13.2. The number of pyridine rings is 1. The Morgan fingerprint density at radius 1 is 0.821 bits per heavy atom. The smallest absolute Gasteiger partial charge is 0.354 e. The SMILES string of the molecule is FC(F)(F)c1ccc2c(Nc3cccc4[nH]ncc34)cc(C(F)(F)F)nc2c1. The van der Waals surface area contributed by atoms with Crippen molar-refractivity contribution in [2.24, 2.45) is 0 Å². The summed E-state index contributed by atoms with van der Waals surface area (Å²) in [4.78, 5) is 3.39. The fourth-order valence-corrected chi connectivity index (χ4v) is 2.88. The second kappa shape index (κ2) is 6.11. The zero-order chi connectivity index (χ0) is 20.1. The van der Waals surface area contributed by atoms with E-state index in [4.69, 9.17) is 0 Å². The molecule has 0 spiro atoms. The van der Waals surface area contributed by atoms with Crippen LogP contribution in [0.3, 0.4) is 0 Å². The van der Waals surface area contributed by atoms with Crippen LogP contribution in [-0.2, 0) is 12.4 Å². The number of rotatable bonds is 2. The van der Waals surface area contributed by atoms with Crippen LogP contribution in [0.15, 0.2) is 48.7 Å². The van der Waals surface area contributed by atoms with Gasteiger partial charge in [0.05, 0.1) is 28.5 Å². The van der Waals surface area contributed by atoms with Gasteiger partial charge in [-0.2, -0.15) is 31.4 Å². The molecule has 0 saturated carbocycles. The lowest BCUT2D eigenvalue weighted by molar-refractivity contribution is -0.140. The third-order valence-corrected chi connectivity index (χ3v) is 4.18. The first-order valence-electron chi connectivity index (χ1n) is 7.91. The van der Waals surface area contributed by atoms with E-state index in [1.165, 1.54) is 6.20 Å². The number of aromatic nitrogens is 3. The van der Waals surface area contributed by atoms with E-state index in [-0.39, 0.29) is 11.1 Å². The van der Waals surface area contributed by atoms with Crippen molar-refractivity contribution in [3.05, 3.63) is 59.9 Å². The van der Waals surface area contributed by atoms with E-state index in [1.807, 2.05) is 0 Å². The van der Waals surface area contributed by atoms with E-state index in [1.54, 1.807) is 18.2 Å². The van der Waals surface area contributed by atoms with Gasteiger partial charge >= 0.3 is 12.4 Å². The van der Waals surface area contributed by atoms with Crippen LogP contribution in [0.1, 0.15) is 11.3 Å². The molecule has 28 heavy (non-hydrogen) atoms.